The van der Waals surface area contributed by atoms with Crippen LogP contribution >= 0.6 is 0 Å². The number of carboxylic acids is 1. The molecule has 1 aromatic heterocycles. The molecule has 0 spiro atoms. The zero-order chi connectivity index (χ0) is 23.6. The molecule has 2 aromatic carbocycles. The monoisotopic (exact) mass is 449 g/mol. The second-order valence-corrected chi connectivity index (χ2v) is 7.26. The average molecular weight is 449 g/mol. The highest BCUT2D eigenvalue weighted by atomic mass is 19.4. The van der Waals surface area contributed by atoms with Gasteiger partial charge in [0.2, 0.25) is 0 Å². The van der Waals surface area contributed by atoms with Gasteiger partial charge in [0.15, 0.2) is 5.69 Å². The van der Waals surface area contributed by atoms with Gasteiger partial charge >= 0.3 is 12.1 Å². The van der Waals surface area contributed by atoms with E-state index in [4.69, 9.17) is 5.11 Å². The van der Waals surface area contributed by atoms with Crippen LogP contribution in [0.15, 0.2) is 42.5 Å². The lowest BCUT2D eigenvalue weighted by atomic mass is 10.0. The molecule has 0 unspecified atom stereocenters. The van der Waals surface area contributed by atoms with Crippen molar-refractivity contribution in [1.29, 1.82) is 0 Å². The number of hydrogen-bond donors (Lipinski definition) is 2. The molecule has 32 heavy (non-hydrogen) atoms. The first kappa shape index (κ1) is 23.0. The van der Waals surface area contributed by atoms with Crippen molar-refractivity contribution in [2.75, 3.05) is 0 Å². The highest BCUT2D eigenvalue weighted by Gasteiger charge is 2.41. The van der Waals surface area contributed by atoms with Gasteiger partial charge in [-0.1, -0.05) is 35.9 Å². The number of alkyl halides is 3. The maximum atomic E-state index is 13.9. The Balaban J connectivity index is 1.90. The zero-order valence-corrected chi connectivity index (χ0v) is 17.1. The minimum atomic E-state index is -4.82. The van der Waals surface area contributed by atoms with Gasteiger partial charge < -0.3 is 10.4 Å². The Kier molecular flexibility index (Phi) is 6.33. The van der Waals surface area contributed by atoms with Crippen molar-refractivity contribution >= 4 is 11.9 Å². The van der Waals surface area contributed by atoms with Crippen LogP contribution in [0.3, 0.4) is 0 Å². The van der Waals surface area contributed by atoms with Crippen LogP contribution in [0, 0.1) is 12.7 Å². The van der Waals surface area contributed by atoms with Crippen LogP contribution in [0.4, 0.5) is 17.6 Å². The largest absolute Gasteiger partial charge is 0.478 e. The number of benzene rings is 2. The first-order valence-corrected chi connectivity index (χ1v) is 9.46. The maximum Gasteiger partial charge on any atom is 0.433 e. The Morgan fingerprint density at radius 3 is 2.28 bits per heavy atom. The fourth-order valence-electron chi connectivity index (χ4n) is 3.28. The summed E-state index contributed by atoms with van der Waals surface area (Å²) in [4.78, 5) is 23.7. The van der Waals surface area contributed by atoms with E-state index in [-0.39, 0.29) is 24.2 Å². The highest BCUT2D eigenvalue weighted by Crippen LogP contribution is 2.34. The molecule has 0 atom stereocenters. The van der Waals surface area contributed by atoms with Gasteiger partial charge in [-0.2, -0.15) is 18.3 Å². The van der Waals surface area contributed by atoms with E-state index < -0.39 is 40.7 Å². The molecule has 3 rings (SSSR count). The van der Waals surface area contributed by atoms with E-state index in [0.717, 1.165) is 24.7 Å². The van der Waals surface area contributed by atoms with Crippen LogP contribution in [0.5, 0.6) is 0 Å². The summed E-state index contributed by atoms with van der Waals surface area (Å²) in [5.41, 5.74) is -0.542. The predicted molar refractivity (Wildman–Crippen MR) is 107 cm³/mol. The maximum absolute atomic E-state index is 13.9. The highest BCUT2D eigenvalue weighted by molar-refractivity contribution is 5.97. The molecule has 1 amide bonds. The Morgan fingerprint density at radius 2 is 1.72 bits per heavy atom. The first-order chi connectivity index (χ1) is 15.0. The molecule has 1 heterocycles. The number of carboxylic acid groups (broad SMARTS) is 1. The van der Waals surface area contributed by atoms with Gasteiger partial charge in [0, 0.05) is 20.0 Å². The summed E-state index contributed by atoms with van der Waals surface area (Å²) in [6.45, 7) is 1.57. The Labute approximate surface area is 180 Å². The molecule has 10 heteroatoms. The topological polar surface area (TPSA) is 84.2 Å². The summed E-state index contributed by atoms with van der Waals surface area (Å²) in [6, 6.07) is 10.3. The van der Waals surface area contributed by atoms with Crippen LogP contribution in [0.2, 0.25) is 0 Å². The fraction of sp³-hybridized carbons (Fsp3) is 0.227. The molecule has 2 N–H and O–H groups in total. The van der Waals surface area contributed by atoms with Gasteiger partial charge in [0.25, 0.3) is 5.91 Å². The van der Waals surface area contributed by atoms with Crippen LogP contribution in [0.25, 0.3) is 0 Å². The Bertz CT molecular complexity index is 1170. The number of rotatable bonds is 6. The van der Waals surface area contributed by atoms with Crippen molar-refractivity contribution < 1.29 is 32.3 Å². The summed E-state index contributed by atoms with van der Waals surface area (Å²) in [6.07, 6.45) is -4.82. The predicted octanol–water partition coefficient (Wildman–Crippen LogP) is 4.11. The molecule has 0 fully saturated rings. The molecule has 0 saturated carbocycles. The molecule has 0 aliphatic carbocycles. The molecule has 0 radical (unpaired) electrons. The van der Waals surface area contributed by atoms with Gasteiger partial charge in [-0.3, -0.25) is 9.48 Å². The third-order valence-corrected chi connectivity index (χ3v) is 4.82. The Hall–Kier alpha value is -3.69. The van der Waals surface area contributed by atoms with E-state index in [9.17, 15) is 27.2 Å². The average Bonchev–Trinajstić information content (AvgIpc) is 3.03. The van der Waals surface area contributed by atoms with Gasteiger partial charge in [-0.15, -0.1) is 0 Å². The number of aromatic nitrogens is 2. The molecule has 168 valence electrons. The summed E-state index contributed by atoms with van der Waals surface area (Å²) in [5, 5.41) is 15.1. The van der Waals surface area contributed by atoms with Crippen molar-refractivity contribution in [3.05, 3.63) is 87.5 Å². The summed E-state index contributed by atoms with van der Waals surface area (Å²) in [7, 11) is 1.11. The second-order valence-electron chi connectivity index (χ2n) is 7.26. The lowest BCUT2D eigenvalue weighted by Gasteiger charge is -2.11. The lowest BCUT2D eigenvalue weighted by molar-refractivity contribution is -0.144. The van der Waals surface area contributed by atoms with E-state index in [2.05, 4.69) is 10.4 Å². The quantitative estimate of drug-likeness (QED) is 0.555. The number of aromatic carboxylic acids is 1. The molecule has 0 aliphatic rings. The third-order valence-electron chi connectivity index (χ3n) is 4.82. The lowest BCUT2D eigenvalue weighted by Crippen LogP contribution is -2.27. The van der Waals surface area contributed by atoms with Crippen molar-refractivity contribution in [2.24, 2.45) is 7.05 Å². The SMILES string of the molecule is Cc1ccc(Cc2nn(C)c(C(F)(F)F)c2C(=O)NCc2ccc(C(=O)O)c(F)c2)cc1. The number of hydrogen-bond acceptors (Lipinski definition) is 3. The summed E-state index contributed by atoms with van der Waals surface area (Å²) < 4.78 is 55.5. The molecule has 0 bridgehead atoms. The zero-order valence-electron chi connectivity index (χ0n) is 17.1. The number of amides is 1. The number of carbonyl (C=O) groups excluding carboxylic acids is 1. The van der Waals surface area contributed by atoms with E-state index in [1.807, 2.05) is 6.92 Å². The Morgan fingerprint density at radius 1 is 1.09 bits per heavy atom. The van der Waals surface area contributed by atoms with Gasteiger partial charge in [0.1, 0.15) is 5.82 Å². The smallest absolute Gasteiger partial charge is 0.433 e. The van der Waals surface area contributed by atoms with Crippen molar-refractivity contribution in [1.82, 2.24) is 15.1 Å². The fourth-order valence-corrected chi connectivity index (χ4v) is 3.28. The second kappa shape index (κ2) is 8.81. The van der Waals surface area contributed by atoms with Crippen LogP contribution in [-0.2, 0) is 26.2 Å². The minimum absolute atomic E-state index is 0.00882. The number of nitrogens with one attached hydrogen (secondary N) is 1. The molecule has 0 aliphatic heterocycles. The molecule has 6 nitrogen and oxygen atoms in total. The van der Waals surface area contributed by atoms with E-state index in [1.165, 1.54) is 6.07 Å². The van der Waals surface area contributed by atoms with Crippen molar-refractivity contribution in [3.8, 4) is 0 Å². The molecular formula is C22H19F4N3O3. The van der Waals surface area contributed by atoms with Gasteiger partial charge in [-0.05, 0) is 30.2 Å². The summed E-state index contributed by atoms with van der Waals surface area (Å²) >= 11 is 0. The van der Waals surface area contributed by atoms with Gasteiger partial charge in [-0.25, -0.2) is 9.18 Å². The molecule has 3 aromatic rings. The van der Waals surface area contributed by atoms with Crippen LogP contribution in [-0.4, -0.2) is 26.8 Å². The number of halogens is 4. The molecule has 0 saturated heterocycles. The minimum Gasteiger partial charge on any atom is -0.478 e. The van der Waals surface area contributed by atoms with E-state index >= 15 is 0 Å². The standard InChI is InChI=1S/C22H19F4N3O3/c1-12-3-5-13(6-4-12)10-17-18(19(22(24,25)26)29(2)28-17)20(30)27-11-14-7-8-15(21(31)32)16(23)9-14/h3-9H,10-11H2,1-2H3,(H,27,30)(H,31,32). The first-order valence-electron chi connectivity index (χ1n) is 9.46. The number of carbonyl (C=O) groups is 2. The molecular weight excluding hydrogens is 430 g/mol. The number of aryl methyl sites for hydroxylation is 2. The third kappa shape index (κ3) is 4.96. The van der Waals surface area contributed by atoms with Gasteiger partial charge in [0.05, 0.1) is 16.8 Å². The number of nitrogens with zero attached hydrogens (tertiary/aromatic N) is 2. The van der Waals surface area contributed by atoms with Crippen LogP contribution in [0.1, 0.15) is 48.8 Å². The van der Waals surface area contributed by atoms with E-state index in [0.29, 0.717) is 10.2 Å². The normalized spacial score (nSPS) is 11.4. The van der Waals surface area contributed by atoms with E-state index in [1.54, 1.807) is 24.3 Å². The van der Waals surface area contributed by atoms with Crippen LogP contribution < -0.4 is 5.32 Å². The van der Waals surface area contributed by atoms with Crippen molar-refractivity contribution in [2.45, 2.75) is 26.1 Å². The van der Waals surface area contributed by atoms with Crippen molar-refractivity contribution in [3.63, 3.8) is 0 Å². The summed E-state index contributed by atoms with van der Waals surface area (Å²) in [5.74, 6) is -3.49.